The van der Waals surface area contributed by atoms with E-state index in [1.165, 1.54) is 19.3 Å². The number of carbonyl (C=O) groups is 1. The Morgan fingerprint density at radius 1 is 1.40 bits per heavy atom. The summed E-state index contributed by atoms with van der Waals surface area (Å²) in [5.74, 6) is 1.67. The lowest BCUT2D eigenvalue weighted by molar-refractivity contribution is -0.134. The summed E-state index contributed by atoms with van der Waals surface area (Å²) < 4.78 is 0. The first-order chi connectivity index (χ1) is 7.22. The van der Waals surface area contributed by atoms with Crippen LogP contribution in [-0.4, -0.2) is 29.9 Å². The molecule has 1 heterocycles. The Balaban J connectivity index is 1.96. The average molecular weight is 210 g/mol. The number of rotatable bonds is 1. The van der Waals surface area contributed by atoms with Gasteiger partial charge in [-0.05, 0) is 31.1 Å². The van der Waals surface area contributed by atoms with Crippen LogP contribution < -0.4 is 5.73 Å². The Hall–Kier alpha value is -0.570. The summed E-state index contributed by atoms with van der Waals surface area (Å²) in [6, 6.07) is 0.391. The largest absolute Gasteiger partial charge is 0.342 e. The second-order valence-electron chi connectivity index (χ2n) is 5.00. The van der Waals surface area contributed by atoms with Gasteiger partial charge in [0.05, 0.1) is 0 Å². The fraction of sp³-hybridized carbons (Fsp3) is 0.917. The van der Waals surface area contributed by atoms with Crippen molar-refractivity contribution >= 4 is 5.91 Å². The van der Waals surface area contributed by atoms with Crippen LogP contribution in [0.2, 0.25) is 0 Å². The minimum absolute atomic E-state index is 0.313. The van der Waals surface area contributed by atoms with Gasteiger partial charge in [-0.2, -0.15) is 0 Å². The van der Waals surface area contributed by atoms with Crippen molar-refractivity contribution in [2.45, 2.75) is 45.1 Å². The molecule has 2 aliphatic rings. The molecule has 2 rings (SSSR count). The summed E-state index contributed by atoms with van der Waals surface area (Å²) in [7, 11) is 0. The third kappa shape index (κ3) is 2.17. The molecule has 15 heavy (non-hydrogen) atoms. The number of hydrogen-bond donors (Lipinski definition) is 1. The molecule has 1 aliphatic heterocycles. The predicted octanol–water partition coefficient (Wildman–Crippen LogP) is 1.37. The fourth-order valence-corrected chi connectivity index (χ4v) is 3.20. The van der Waals surface area contributed by atoms with Crippen molar-refractivity contribution < 1.29 is 4.79 Å². The number of fused-ring (bicyclic) bond motifs is 1. The molecular weight excluding hydrogens is 188 g/mol. The van der Waals surface area contributed by atoms with Gasteiger partial charge in [-0.1, -0.05) is 13.3 Å². The van der Waals surface area contributed by atoms with Gasteiger partial charge in [0, 0.05) is 25.6 Å². The van der Waals surface area contributed by atoms with Gasteiger partial charge in [-0.3, -0.25) is 4.79 Å². The van der Waals surface area contributed by atoms with E-state index in [4.69, 9.17) is 5.73 Å². The van der Waals surface area contributed by atoms with Crippen LogP contribution in [0.4, 0.5) is 0 Å². The molecule has 3 atom stereocenters. The molecule has 0 spiro atoms. The standard InChI is InChI=1S/C12H22N2O/c1-2-12(15)14-7-6-10-9(8-14)4-3-5-11(10)13/h9-11H,2-8,13H2,1H3. The number of likely N-dealkylation sites (tertiary alicyclic amines) is 1. The molecule has 1 saturated heterocycles. The molecule has 86 valence electrons. The lowest BCUT2D eigenvalue weighted by Gasteiger charge is -2.44. The lowest BCUT2D eigenvalue weighted by atomic mass is 9.72. The summed E-state index contributed by atoms with van der Waals surface area (Å²) in [4.78, 5) is 13.7. The highest BCUT2D eigenvalue weighted by Crippen LogP contribution is 2.35. The van der Waals surface area contributed by atoms with Crippen molar-refractivity contribution in [1.82, 2.24) is 4.90 Å². The number of piperidine rings is 1. The predicted molar refractivity (Wildman–Crippen MR) is 60.3 cm³/mol. The highest BCUT2D eigenvalue weighted by atomic mass is 16.2. The van der Waals surface area contributed by atoms with E-state index in [0.29, 0.717) is 30.2 Å². The maximum absolute atomic E-state index is 11.6. The average Bonchev–Trinajstić information content (AvgIpc) is 2.28. The summed E-state index contributed by atoms with van der Waals surface area (Å²) in [6.45, 7) is 3.84. The minimum atomic E-state index is 0.313. The Morgan fingerprint density at radius 2 is 2.20 bits per heavy atom. The van der Waals surface area contributed by atoms with E-state index in [1.807, 2.05) is 11.8 Å². The van der Waals surface area contributed by atoms with Crippen LogP contribution in [-0.2, 0) is 4.79 Å². The van der Waals surface area contributed by atoms with Crippen LogP contribution in [0, 0.1) is 11.8 Å². The van der Waals surface area contributed by atoms with Gasteiger partial charge in [0.2, 0.25) is 5.91 Å². The topological polar surface area (TPSA) is 46.3 Å². The molecule has 0 bridgehead atoms. The van der Waals surface area contributed by atoms with Crippen LogP contribution >= 0.6 is 0 Å². The van der Waals surface area contributed by atoms with Crippen molar-refractivity contribution in [3.63, 3.8) is 0 Å². The normalized spacial score (nSPS) is 36.1. The zero-order valence-corrected chi connectivity index (χ0v) is 9.61. The summed E-state index contributed by atoms with van der Waals surface area (Å²) in [6.07, 6.45) is 5.46. The lowest BCUT2D eigenvalue weighted by Crippen LogP contribution is -2.50. The van der Waals surface area contributed by atoms with Crippen LogP contribution in [0.5, 0.6) is 0 Å². The van der Waals surface area contributed by atoms with Crippen molar-refractivity contribution in [1.29, 1.82) is 0 Å². The van der Waals surface area contributed by atoms with Gasteiger partial charge >= 0.3 is 0 Å². The molecule has 3 nitrogen and oxygen atoms in total. The van der Waals surface area contributed by atoms with Gasteiger partial charge in [-0.15, -0.1) is 0 Å². The van der Waals surface area contributed by atoms with E-state index in [0.717, 1.165) is 19.5 Å². The summed E-state index contributed by atoms with van der Waals surface area (Å²) in [5.41, 5.74) is 6.14. The van der Waals surface area contributed by atoms with Gasteiger partial charge in [0.1, 0.15) is 0 Å². The number of hydrogen-bond acceptors (Lipinski definition) is 2. The first-order valence-electron chi connectivity index (χ1n) is 6.25. The minimum Gasteiger partial charge on any atom is -0.342 e. The second kappa shape index (κ2) is 4.52. The maximum Gasteiger partial charge on any atom is 0.222 e. The SMILES string of the molecule is CCC(=O)N1CCC2C(N)CCCC2C1. The molecule has 1 aliphatic carbocycles. The quantitative estimate of drug-likeness (QED) is 0.710. The molecule has 0 aromatic heterocycles. The van der Waals surface area contributed by atoms with E-state index in [9.17, 15) is 4.79 Å². The zero-order valence-electron chi connectivity index (χ0n) is 9.61. The molecule has 1 amide bonds. The number of nitrogens with zero attached hydrogens (tertiary/aromatic N) is 1. The third-order valence-electron chi connectivity index (χ3n) is 4.11. The first kappa shape index (κ1) is 10.9. The van der Waals surface area contributed by atoms with E-state index in [1.54, 1.807) is 0 Å². The Morgan fingerprint density at radius 3 is 2.93 bits per heavy atom. The first-order valence-corrected chi connectivity index (χ1v) is 6.25. The molecule has 3 unspecified atom stereocenters. The molecule has 0 aromatic carbocycles. The van der Waals surface area contributed by atoms with Crippen LogP contribution in [0.1, 0.15) is 39.0 Å². The molecule has 0 aromatic rings. The fourth-order valence-electron chi connectivity index (χ4n) is 3.20. The van der Waals surface area contributed by atoms with Crippen LogP contribution in [0.15, 0.2) is 0 Å². The van der Waals surface area contributed by atoms with Crippen molar-refractivity contribution in [2.75, 3.05) is 13.1 Å². The smallest absolute Gasteiger partial charge is 0.222 e. The highest BCUT2D eigenvalue weighted by molar-refractivity contribution is 5.75. The molecule has 0 radical (unpaired) electrons. The van der Waals surface area contributed by atoms with Gasteiger partial charge in [0.25, 0.3) is 0 Å². The summed E-state index contributed by atoms with van der Waals surface area (Å²) >= 11 is 0. The van der Waals surface area contributed by atoms with E-state index in [-0.39, 0.29) is 0 Å². The maximum atomic E-state index is 11.6. The van der Waals surface area contributed by atoms with Crippen LogP contribution in [0.3, 0.4) is 0 Å². The van der Waals surface area contributed by atoms with Crippen molar-refractivity contribution in [2.24, 2.45) is 17.6 Å². The molecular formula is C12H22N2O. The van der Waals surface area contributed by atoms with Gasteiger partial charge in [0.15, 0.2) is 0 Å². The van der Waals surface area contributed by atoms with E-state index < -0.39 is 0 Å². The number of amides is 1. The summed E-state index contributed by atoms with van der Waals surface area (Å²) in [5, 5.41) is 0. The zero-order chi connectivity index (χ0) is 10.8. The van der Waals surface area contributed by atoms with E-state index in [2.05, 4.69) is 0 Å². The van der Waals surface area contributed by atoms with Crippen molar-refractivity contribution in [3.8, 4) is 0 Å². The number of nitrogens with two attached hydrogens (primary N) is 1. The van der Waals surface area contributed by atoms with Gasteiger partial charge in [-0.25, -0.2) is 0 Å². The Labute approximate surface area is 92.0 Å². The molecule has 1 saturated carbocycles. The molecule has 3 heteroatoms. The Kier molecular flexibility index (Phi) is 3.29. The molecule has 2 fully saturated rings. The second-order valence-corrected chi connectivity index (χ2v) is 5.00. The Bertz CT molecular complexity index is 242. The molecule has 2 N–H and O–H groups in total. The highest BCUT2D eigenvalue weighted by Gasteiger charge is 2.36. The third-order valence-corrected chi connectivity index (χ3v) is 4.11. The number of carbonyl (C=O) groups excluding carboxylic acids is 1. The van der Waals surface area contributed by atoms with Gasteiger partial charge < -0.3 is 10.6 Å². The van der Waals surface area contributed by atoms with E-state index >= 15 is 0 Å². The monoisotopic (exact) mass is 210 g/mol. The van der Waals surface area contributed by atoms with Crippen molar-refractivity contribution in [3.05, 3.63) is 0 Å². The van der Waals surface area contributed by atoms with Crippen LogP contribution in [0.25, 0.3) is 0 Å².